The zero-order chi connectivity index (χ0) is 18.2. The third kappa shape index (κ3) is 10.3. The fraction of sp³-hybridized carbons (Fsp3) is 0.500. The molecule has 0 aliphatic carbocycles. The lowest BCUT2D eigenvalue weighted by Crippen LogP contribution is -2.42. The maximum atomic E-state index is 11.6. The second-order valence-corrected chi connectivity index (χ2v) is 7.86. The van der Waals surface area contributed by atoms with Gasteiger partial charge >= 0.3 is 0 Å². The highest BCUT2D eigenvalue weighted by molar-refractivity contribution is 14.0. The van der Waals surface area contributed by atoms with E-state index in [1.54, 1.807) is 26.2 Å². The van der Waals surface area contributed by atoms with Crippen LogP contribution in [0.4, 0.5) is 0 Å². The number of hydrogen-bond acceptors (Lipinski definition) is 4. The number of rotatable bonds is 7. The molecule has 0 saturated carbocycles. The molecule has 9 heteroatoms. The van der Waals surface area contributed by atoms with Crippen molar-refractivity contribution in [3.05, 3.63) is 35.4 Å². The van der Waals surface area contributed by atoms with E-state index in [9.17, 15) is 13.2 Å². The van der Waals surface area contributed by atoms with Crippen LogP contribution in [0.1, 0.15) is 18.1 Å². The molecule has 1 aromatic carbocycles. The molecule has 25 heavy (non-hydrogen) atoms. The van der Waals surface area contributed by atoms with E-state index in [1.165, 1.54) is 11.2 Å². The Bertz CT molecular complexity index is 673. The smallest absolute Gasteiger partial charge is 0.241 e. The predicted octanol–water partition coefficient (Wildman–Crippen LogP) is 0.992. The summed E-state index contributed by atoms with van der Waals surface area (Å²) in [6.07, 6.45) is 1.22. The van der Waals surface area contributed by atoms with Crippen LogP contribution in [0.25, 0.3) is 0 Å². The van der Waals surface area contributed by atoms with Crippen molar-refractivity contribution >= 4 is 45.7 Å². The molecule has 0 spiro atoms. The molecule has 1 rings (SSSR count). The van der Waals surface area contributed by atoms with Crippen LogP contribution in [0, 0.1) is 0 Å². The number of aliphatic imine (C=N–C) groups is 1. The molecule has 1 amide bonds. The molecule has 0 radical (unpaired) electrons. The van der Waals surface area contributed by atoms with Gasteiger partial charge in [-0.3, -0.25) is 4.79 Å². The number of sulfone groups is 1. The third-order valence-corrected chi connectivity index (χ3v) is 3.98. The molecule has 0 bridgehead atoms. The first kappa shape index (κ1) is 23.6. The summed E-state index contributed by atoms with van der Waals surface area (Å²) in [6.45, 7) is 3.25. The number of nitrogens with one attached hydrogen (secondary N) is 2. The van der Waals surface area contributed by atoms with Crippen molar-refractivity contribution in [1.29, 1.82) is 0 Å². The van der Waals surface area contributed by atoms with E-state index in [2.05, 4.69) is 15.6 Å². The molecule has 0 atom stereocenters. The van der Waals surface area contributed by atoms with Crippen LogP contribution in [-0.2, 0) is 26.9 Å². The Balaban J connectivity index is 0.00000576. The lowest BCUT2D eigenvalue weighted by molar-refractivity contribution is -0.127. The van der Waals surface area contributed by atoms with Gasteiger partial charge in [0.15, 0.2) is 15.8 Å². The molecule has 0 heterocycles. The van der Waals surface area contributed by atoms with E-state index in [0.29, 0.717) is 19.0 Å². The molecule has 7 nitrogen and oxygen atoms in total. The van der Waals surface area contributed by atoms with Gasteiger partial charge in [-0.25, -0.2) is 13.4 Å². The number of carbonyl (C=O) groups is 1. The normalized spacial score (nSPS) is 11.4. The lowest BCUT2D eigenvalue weighted by atomic mass is 10.1. The molecule has 0 aliphatic rings. The second kappa shape index (κ2) is 11.3. The van der Waals surface area contributed by atoms with Crippen molar-refractivity contribution < 1.29 is 13.2 Å². The zero-order valence-electron chi connectivity index (χ0n) is 15.1. The van der Waals surface area contributed by atoms with E-state index in [1.807, 2.05) is 19.1 Å². The molecule has 0 aliphatic heterocycles. The van der Waals surface area contributed by atoms with Crippen LogP contribution >= 0.6 is 24.0 Å². The van der Waals surface area contributed by atoms with Crippen LogP contribution in [0.2, 0.25) is 0 Å². The van der Waals surface area contributed by atoms with Crippen LogP contribution in [0.5, 0.6) is 0 Å². The van der Waals surface area contributed by atoms with E-state index < -0.39 is 9.84 Å². The summed E-state index contributed by atoms with van der Waals surface area (Å²) in [5.74, 6) is 0.562. The summed E-state index contributed by atoms with van der Waals surface area (Å²) in [6, 6.07) is 7.31. The summed E-state index contributed by atoms with van der Waals surface area (Å²) in [7, 11) is 0.372. The SMILES string of the molecule is CCNC(=NCc1ccc(CS(C)(=O)=O)cc1)NCC(=O)N(C)C.I. The van der Waals surface area contributed by atoms with Crippen molar-refractivity contribution in [2.45, 2.75) is 19.2 Å². The molecule has 0 aromatic heterocycles. The number of hydrogen-bond donors (Lipinski definition) is 2. The highest BCUT2D eigenvalue weighted by Gasteiger charge is 2.06. The Kier molecular flexibility index (Phi) is 10.7. The Morgan fingerprint density at radius 2 is 1.68 bits per heavy atom. The maximum Gasteiger partial charge on any atom is 0.241 e. The van der Waals surface area contributed by atoms with Crippen LogP contribution in [-0.4, -0.2) is 58.6 Å². The number of likely N-dealkylation sites (N-methyl/N-ethyl adjacent to an activating group) is 1. The second-order valence-electron chi connectivity index (χ2n) is 5.72. The first-order valence-corrected chi connectivity index (χ1v) is 9.75. The zero-order valence-corrected chi connectivity index (χ0v) is 18.2. The molecular formula is C16H27IN4O3S. The molecule has 0 fully saturated rings. The highest BCUT2D eigenvalue weighted by Crippen LogP contribution is 2.08. The van der Waals surface area contributed by atoms with Gasteiger partial charge < -0.3 is 15.5 Å². The van der Waals surface area contributed by atoms with Crippen molar-refractivity contribution in [2.75, 3.05) is 33.4 Å². The number of amides is 1. The largest absolute Gasteiger partial charge is 0.357 e. The van der Waals surface area contributed by atoms with Gasteiger partial charge in [0.05, 0.1) is 18.8 Å². The number of carbonyl (C=O) groups excluding carboxylic acids is 1. The fourth-order valence-electron chi connectivity index (χ4n) is 1.87. The molecule has 0 unspecified atom stereocenters. The average molecular weight is 482 g/mol. The number of halogens is 1. The van der Waals surface area contributed by atoms with Crippen molar-refractivity contribution in [3.63, 3.8) is 0 Å². The van der Waals surface area contributed by atoms with Gasteiger partial charge in [0.2, 0.25) is 5.91 Å². The lowest BCUT2D eigenvalue weighted by Gasteiger charge is -2.14. The van der Waals surface area contributed by atoms with Gasteiger partial charge in [0.25, 0.3) is 0 Å². The number of benzene rings is 1. The molecule has 142 valence electrons. The highest BCUT2D eigenvalue weighted by atomic mass is 127. The van der Waals surface area contributed by atoms with E-state index >= 15 is 0 Å². The van der Waals surface area contributed by atoms with Gasteiger partial charge in [-0.1, -0.05) is 24.3 Å². The summed E-state index contributed by atoms with van der Waals surface area (Å²) < 4.78 is 22.6. The minimum atomic E-state index is -3.03. The Morgan fingerprint density at radius 3 is 2.16 bits per heavy atom. The molecule has 0 saturated heterocycles. The van der Waals surface area contributed by atoms with E-state index in [4.69, 9.17) is 0 Å². The Hall–Kier alpha value is -1.36. The monoisotopic (exact) mass is 482 g/mol. The Labute approximate surface area is 167 Å². The van der Waals surface area contributed by atoms with Gasteiger partial charge in [-0.15, -0.1) is 24.0 Å². The topological polar surface area (TPSA) is 90.9 Å². The quantitative estimate of drug-likeness (QED) is 0.344. The maximum absolute atomic E-state index is 11.6. The predicted molar refractivity (Wildman–Crippen MR) is 112 cm³/mol. The van der Waals surface area contributed by atoms with Crippen LogP contribution in [0.15, 0.2) is 29.3 Å². The van der Waals surface area contributed by atoms with Gasteiger partial charge in [0, 0.05) is 26.9 Å². The van der Waals surface area contributed by atoms with E-state index in [-0.39, 0.29) is 42.2 Å². The third-order valence-electron chi connectivity index (χ3n) is 3.12. The van der Waals surface area contributed by atoms with E-state index in [0.717, 1.165) is 11.1 Å². The average Bonchev–Trinajstić information content (AvgIpc) is 2.49. The van der Waals surface area contributed by atoms with Crippen LogP contribution < -0.4 is 10.6 Å². The summed E-state index contributed by atoms with van der Waals surface area (Å²) in [4.78, 5) is 17.5. The van der Waals surface area contributed by atoms with Crippen molar-refractivity contribution in [1.82, 2.24) is 15.5 Å². The van der Waals surface area contributed by atoms with Gasteiger partial charge in [-0.2, -0.15) is 0 Å². The molecule has 1 aromatic rings. The van der Waals surface area contributed by atoms with Gasteiger partial charge in [-0.05, 0) is 18.1 Å². The number of guanidine groups is 1. The summed E-state index contributed by atoms with van der Waals surface area (Å²) in [5.41, 5.74) is 1.72. The molecular weight excluding hydrogens is 455 g/mol. The minimum absolute atomic E-state index is 0. The summed E-state index contributed by atoms with van der Waals surface area (Å²) in [5, 5.41) is 6.06. The summed E-state index contributed by atoms with van der Waals surface area (Å²) >= 11 is 0. The first-order chi connectivity index (χ1) is 11.2. The number of nitrogens with zero attached hydrogens (tertiary/aromatic N) is 2. The standard InChI is InChI=1S/C16H26N4O3S.HI/c1-5-17-16(19-11-15(21)20(2)3)18-10-13-6-8-14(9-7-13)12-24(4,22)23;/h6-9H,5,10-12H2,1-4H3,(H2,17,18,19);1H. The first-order valence-electron chi connectivity index (χ1n) is 7.69. The minimum Gasteiger partial charge on any atom is -0.357 e. The van der Waals surface area contributed by atoms with Crippen molar-refractivity contribution in [2.24, 2.45) is 4.99 Å². The molecule has 2 N–H and O–H groups in total. The van der Waals surface area contributed by atoms with Crippen molar-refractivity contribution in [3.8, 4) is 0 Å². The van der Waals surface area contributed by atoms with Crippen LogP contribution in [0.3, 0.4) is 0 Å². The van der Waals surface area contributed by atoms with Gasteiger partial charge in [0.1, 0.15) is 0 Å². The fourth-order valence-corrected chi connectivity index (χ4v) is 2.67. The Morgan fingerprint density at radius 1 is 1.12 bits per heavy atom.